The predicted octanol–water partition coefficient (Wildman–Crippen LogP) is 3.66. The third-order valence-corrected chi connectivity index (χ3v) is 4.56. The van der Waals surface area contributed by atoms with Crippen LogP contribution in [0.3, 0.4) is 0 Å². The molecule has 0 bridgehead atoms. The Morgan fingerprint density at radius 2 is 1.55 bits per heavy atom. The largest absolute Gasteiger partial charge is 0.390 e. The Labute approximate surface area is 120 Å². The van der Waals surface area contributed by atoms with Gasteiger partial charge in [-0.3, -0.25) is 0 Å². The van der Waals surface area contributed by atoms with E-state index in [-0.39, 0.29) is 24.4 Å². The molecule has 7 heteroatoms. The lowest BCUT2D eigenvalue weighted by Crippen LogP contribution is -2.38. The second-order valence-corrected chi connectivity index (χ2v) is 8.83. The van der Waals surface area contributed by atoms with Crippen molar-refractivity contribution in [3.05, 3.63) is 0 Å². The highest BCUT2D eigenvalue weighted by molar-refractivity contribution is 7.89. The fraction of sp³-hybridized carbons (Fsp3) is 1.00. The average molecular weight is 317 g/mol. The van der Waals surface area contributed by atoms with Crippen LogP contribution in [0.5, 0.6) is 0 Å². The summed E-state index contributed by atoms with van der Waals surface area (Å²) >= 11 is 0. The molecule has 0 aromatic rings. The van der Waals surface area contributed by atoms with Gasteiger partial charge in [0.05, 0.1) is 12.2 Å². The predicted molar refractivity (Wildman–Crippen MR) is 74.9 cm³/mol. The zero-order chi connectivity index (χ0) is 16.2. The number of alkyl halides is 3. The molecular formula is C13H26F3NO2S. The van der Waals surface area contributed by atoms with Crippen molar-refractivity contribution in [2.75, 3.05) is 18.8 Å². The fourth-order valence-electron chi connectivity index (χ4n) is 1.59. The first-order chi connectivity index (χ1) is 8.73. The van der Waals surface area contributed by atoms with Crippen molar-refractivity contribution in [2.45, 2.75) is 53.6 Å². The van der Waals surface area contributed by atoms with Crippen LogP contribution in [0.4, 0.5) is 13.2 Å². The Balaban J connectivity index is 4.82. The minimum Gasteiger partial charge on any atom is -0.212 e. The molecule has 0 atom stereocenters. The van der Waals surface area contributed by atoms with Crippen molar-refractivity contribution >= 4 is 10.0 Å². The SMILES string of the molecule is CC(C)CN(CCC(C)(C)C)S(=O)(=O)CCC(F)(F)F. The summed E-state index contributed by atoms with van der Waals surface area (Å²) in [4.78, 5) is 0. The number of rotatable bonds is 7. The maximum atomic E-state index is 12.2. The van der Waals surface area contributed by atoms with Gasteiger partial charge in [0.1, 0.15) is 0 Å². The molecule has 0 radical (unpaired) electrons. The van der Waals surface area contributed by atoms with E-state index in [1.807, 2.05) is 34.6 Å². The number of sulfonamides is 1. The summed E-state index contributed by atoms with van der Waals surface area (Å²) in [5.41, 5.74) is -0.0607. The van der Waals surface area contributed by atoms with E-state index >= 15 is 0 Å². The zero-order valence-electron chi connectivity index (χ0n) is 12.9. The van der Waals surface area contributed by atoms with Crippen molar-refractivity contribution < 1.29 is 21.6 Å². The molecule has 122 valence electrons. The first kappa shape index (κ1) is 19.7. The number of hydrogen-bond acceptors (Lipinski definition) is 2. The monoisotopic (exact) mass is 317 g/mol. The number of halogens is 3. The van der Waals surface area contributed by atoms with Crippen LogP contribution in [-0.2, 0) is 10.0 Å². The van der Waals surface area contributed by atoms with E-state index in [0.29, 0.717) is 6.42 Å². The maximum absolute atomic E-state index is 12.2. The van der Waals surface area contributed by atoms with Crippen molar-refractivity contribution in [1.82, 2.24) is 4.31 Å². The molecule has 20 heavy (non-hydrogen) atoms. The molecule has 0 N–H and O–H groups in total. The van der Waals surface area contributed by atoms with Crippen LogP contribution in [0.15, 0.2) is 0 Å². The van der Waals surface area contributed by atoms with E-state index in [0.717, 1.165) is 0 Å². The molecule has 0 spiro atoms. The number of hydrogen-bond donors (Lipinski definition) is 0. The lowest BCUT2D eigenvalue weighted by molar-refractivity contribution is -0.130. The molecule has 0 saturated heterocycles. The molecule has 0 saturated carbocycles. The van der Waals surface area contributed by atoms with Gasteiger partial charge in [-0.05, 0) is 17.8 Å². The molecule has 0 heterocycles. The van der Waals surface area contributed by atoms with E-state index < -0.39 is 28.4 Å². The van der Waals surface area contributed by atoms with Gasteiger partial charge in [0, 0.05) is 13.1 Å². The molecule has 3 nitrogen and oxygen atoms in total. The highest BCUT2D eigenvalue weighted by Crippen LogP contribution is 2.23. The van der Waals surface area contributed by atoms with Crippen LogP contribution in [-0.4, -0.2) is 37.7 Å². The second kappa shape index (κ2) is 7.11. The van der Waals surface area contributed by atoms with Crippen LogP contribution in [0.2, 0.25) is 0 Å². The lowest BCUT2D eigenvalue weighted by atomic mass is 9.92. The lowest BCUT2D eigenvalue weighted by Gasteiger charge is -2.27. The Hall–Kier alpha value is -0.300. The van der Waals surface area contributed by atoms with E-state index in [2.05, 4.69) is 0 Å². The maximum Gasteiger partial charge on any atom is 0.390 e. The van der Waals surface area contributed by atoms with Crippen molar-refractivity contribution in [3.8, 4) is 0 Å². The minimum absolute atomic E-state index is 0.0607. The molecule has 0 unspecified atom stereocenters. The standard InChI is InChI=1S/C13H26F3NO2S/c1-11(2)10-17(8-6-12(3,4)5)20(18,19)9-7-13(14,15)16/h11H,6-10H2,1-5H3. The molecule has 0 amide bonds. The smallest absolute Gasteiger partial charge is 0.212 e. The van der Waals surface area contributed by atoms with Gasteiger partial charge in [0.25, 0.3) is 0 Å². The number of nitrogens with zero attached hydrogens (tertiary/aromatic N) is 1. The molecule has 0 fully saturated rings. The summed E-state index contributed by atoms with van der Waals surface area (Å²) in [5, 5.41) is 0. The second-order valence-electron chi connectivity index (χ2n) is 6.74. The minimum atomic E-state index is -4.44. The van der Waals surface area contributed by atoms with Gasteiger partial charge in [-0.2, -0.15) is 13.2 Å². The summed E-state index contributed by atoms with van der Waals surface area (Å²) in [5.74, 6) is -0.788. The van der Waals surface area contributed by atoms with E-state index in [9.17, 15) is 21.6 Å². The van der Waals surface area contributed by atoms with Crippen molar-refractivity contribution in [1.29, 1.82) is 0 Å². The molecule has 0 aliphatic heterocycles. The molecule has 0 aliphatic carbocycles. The van der Waals surface area contributed by atoms with Gasteiger partial charge in [-0.1, -0.05) is 34.6 Å². The molecule has 0 aromatic heterocycles. The summed E-state index contributed by atoms with van der Waals surface area (Å²) in [6, 6.07) is 0. The van der Waals surface area contributed by atoms with Crippen LogP contribution >= 0.6 is 0 Å². The van der Waals surface area contributed by atoms with Gasteiger partial charge in [-0.25, -0.2) is 12.7 Å². The summed E-state index contributed by atoms with van der Waals surface area (Å²) < 4.78 is 61.9. The van der Waals surface area contributed by atoms with Gasteiger partial charge in [0.2, 0.25) is 10.0 Å². The summed E-state index contributed by atoms with van der Waals surface area (Å²) in [6.07, 6.45) is -5.12. The van der Waals surface area contributed by atoms with E-state index in [1.54, 1.807) is 0 Å². The van der Waals surface area contributed by atoms with Gasteiger partial charge < -0.3 is 0 Å². The Morgan fingerprint density at radius 1 is 1.05 bits per heavy atom. The third kappa shape index (κ3) is 9.58. The van der Waals surface area contributed by atoms with Gasteiger partial charge in [0.15, 0.2) is 0 Å². The fourth-order valence-corrected chi connectivity index (χ4v) is 3.23. The Morgan fingerprint density at radius 3 is 1.90 bits per heavy atom. The van der Waals surface area contributed by atoms with E-state index in [1.165, 1.54) is 4.31 Å². The van der Waals surface area contributed by atoms with Crippen molar-refractivity contribution in [2.24, 2.45) is 11.3 Å². The van der Waals surface area contributed by atoms with Crippen LogP contribution < -0.4 is 0 Å². The highest BCUT2D eigenvalue weighted by Gasteiger charge is 2.32. The van der Waals surface area contributed by atoms with Crippen LogP contribution in [0.1, 0.15) is 47.5 Å². The zero-order valence-corrected chi connectivity index (χ0v) is 13.7. The Bertz CT molecular complexity index is 383. The quantitative estimate of drug-likeness (QED) is 0.718. The van der Waals surface area contributed by atoms with Crippen LogP contribution in [0.25, 0.3) is 0 Å². The molecule has 0 aromatic carbocycles. The van der Waals surface area contributed by atoms with Gasteiger partial charge >= 0.3 is 6.18 Å². The highest BCUT2D eigenvalue weighted by atomic mass is 32.2. The summed E-state index contributed by atoms with van der Waals surface area (Å²) in [7, 11) is -3.86. The normalized spacial score (nSPS) is 14.3. The van der Waals surface area contributed by atoms with E-state index in [4.69, 9.17) is 0 Å². The van der Waals surface area contributed by atoms with Crippen LogP contribution in [0, 0.1) is 11.3 Å². The van der Waals surface area contributed by atoms with Gasteiger partial charge in [-0.15, -0.1) is 0 Å². The summed E-state index contributed by atoms with van der Waals surface area (Å²) in [6.45, 7) is 10.2. The molecular weight excluding hydrogens is 291 g/mol. The first-order valence-corrected chi connectivity index (χ1v) is 8.38. The molecule has 0 aliphatic rings. The topological polar surface area (TPSA) is 37.4 Å². The molecule has 0 rings (SSSR count). The first-order valence-electron chi connectivity index (χ1n) is 6.77. The average Bonchev–Trinajstić information content (AvgIpc) is 2.18. The van der Waals surface area contributed by atoms with Crippen molar-refractivity contribution in [3.63, 3.8) is 0 Å². The third-order valence-electron chi connectivity index (χ3n) is 2.72. The Kier molecular flexibility index (Phi) is 7.01.